The van der Waals surface area contributed by atoms with Crippen molar-refractivity contribution in [3.63, 3.8) is 0 Å². The van der Waals surface area contributed by atoms with Gasteiger partial charge in [0.25, 0.3) is 0 Å². The third-order valence-corrected chi connectivity index (χ3v) is 2.68. The molecule has 0 aliphatic carbocycles. The van der Waals surface area contributed by atoms with Crippen molar-refractivity contribution >= 4 is 17.0 Å². The van der Waals surface area contributed by atoms with E-state index in [0.717, 1.165) is 29.0 Å². The van der Waals surface area contributed by atoms with E-state index in [0.29, 0.717) is 0 Å². The minimum absolute atomic E-state index is 0.0496. The first-order valence-corrected chi connectivity index (χ1v) is 5.29. The van der Waals surface area contributed by atoms with Gasteiger partial charge < -0.3 is 9.67 Å². The van der Waals surface area contributed by atoms with Crippen LogP contribution in [0.15, 0.2) is 18.2 Å². The quantitative estimate of drug-likeness (QED) is 0.857. The van der Waals surface area contributed by atoms with Crippen molar-refractivity contribution in [2.45, 2.75) is 26.8 Å². The third kappa shape index (κ3) is 1.78. The van der Waals surface area contributed by atoms with Crippen molar-refractivity contribution in [1.29, 1.82) is 0 Å². The molecule has 1 heterocycles. The van der Waals surface area contributed by atoms with Gasteiger partial charge in [-0.05, 0) is 31.5 Å². The molecule has 1 aromatic heterocycles. The van der Waals surface area contributed by atoms with Gasteiger partial charge in [0.2, 0.25) is 0 Å². The SMILES string of the molecule is CCn1c(C)nc2cc(CC(=O)O)ccc21. The van der Waals surface area contributed by atoms with Gasteiger partial charge in [0.1, 0.15) is 5.82 Å². The van der Waals surface area contributed by atoms with E-state index < -0.39 is 5.97 Å². The summed E-state index contributed by atoms with van der Waals surface area (Å²) in [5, 5.41) is 8.72. The topological polar surface area (TPSA) is 55.1 Å². The van der Waals surface area contributed by atoms with Gasteiger partial charge in [-0.1, -0.05) is 6.07 Å². The normalized spacial score (nSPS) is 10.9. The average molecular weight is 218 g/mol. The van der Waals surface area contributed by atoms with Crippen LogP contribution in [0.1, 0.15) is 18.3 Å². The number of carboxylic acids is 1. The lowest BCUT2D eigenvalue weighted by Crippen LogP contribution is -2.00. The second-order valence-electron chi connectivity index (χ2n) is 3.80. The predicted octanol–water partition coefficient (Wildman–Crippen LogP) is 1.99. The number of hydrogen-bond donors (Lipinski definition) is 1. The molecule has 0 saturated carbocycles. The first kappa shape index (κ1) is 10.7. The van der Waals surface area contributed by atoms with Gasteiger partial charge in [-0.15, -0.1) is 0 Å². The smallest absolute Gasteiger partial charge is 0.307 e. The van der Waals surface area contributed by atoms with Gasteiger partial charge in [0, 0.05) is 6.54 Å². The van der Waals surface area contributed by atoms with E-state index in [2.05, 4.69) is 16.5 Å². The third-order valence-electron chi connectivity index (χ3n) is 2.68. The van der Waals surface area contributed by atoms with Gasteiger partial charge in [-0.3, -0.25) is 4.79 Å². The van der Waals surface area contributed by atoms with Crippen LogP contribution in [0, 0.1) is 6.92 Å². The lowest BCUT2D eigenvalue weighted by atomic mass is 10.1. The molecule has 84 valence electrons. The molecular weight excluding hydrogens is 204 g/mol. The molecule has 0 fully saturated rings. The Labute approximate surface area is 93.5 Å². The molecule has 2 rings (SSSR count). The maximum absolute atomic E-state index is 10.6. The Hall–Kier alpha value is -1.84. The van der Waals surface area contributed by atoms with Crippen LogP contribution in [0.4, 0.5) is 0 Å². The minimum atomic E-state index is -0.814. The number of aliphatic carboxylic acids is 1. The number of benzene rings is 1. The van der Waals surface area contributed by atoms with Crippen LogP contribution in [0.3, 0.4) is 0 Å². The van der Waals surface area contributed by atoms with E-state index in [4.69, 9.17) is 5.11 Å². The fraction of sp³-hybridized carbons (Fsp3) is 0.333. The number of carbonyl (C=O) groups is 1. The summed E-state index contributed by atoms with van der Waals surface area (Å²) in [7, 11) is 0. The van der Waals surface area contributed by atoms with Gasteiger partial charge in [0.05, 0.1) is 17.5 Å². The van der Waals surface area contributed by atoms with E-state index in [1.54, 1.807) is 0 Å². The molecule has 0 spiro atoms. The highest BCUT2D eigenvalue weighted by Crippen LogP contribution is 2.17. The Morgan fingerprint density at radius 1 is 1.50 bits per heavy atom. The first-order valence-electron chi connectivity index (χ1n) is 5.29. The number of nitrogens with zero attached hydrogens (tertiary/aromatic N) is 2. The summed E-state index contributed by atoms with van der Waals surface area (Å²) in [4.78, 5) is 15.0. The van der Waals surface area contributed by atoms with E-state index in [-0.39, 0.29) is 6.42 Å². The summed E-state index contributed by atoms with van der Waals surface area (Å²) in [5.41, 5.74) is 2.73. The fourth-order valence-corrected chi connectivity index (χ4v) is 1.98. The summed E-state index contributed by atoms with van der Waals surface area (Å²) in [6.45, 7) is 4.90. The van der Waals surface area contributed by atoms with Gasteiger partial charge in [0.15, 0.2) is 0 Å². The summed E-state index contributed by atoms with van der Waals surface area (Å²) >= 11 is 0. The monoisotopic (exact) mass is 218 g/mol. The second-order valence-corrected chi connectivity index (χ2v) is 3.80. The van der Waals surface area contributed by atoms with Crippen molar-refractivity contribution in [3.8, 4) is 0 Å². The standard InChI is InChI=1S/C12H14N2O2/c1-3-14-8(2)13-10-6-9(7-12(15)16)4-5-11(10)14/h4-6H,3,7H2,1-2H3,(H,15,16). The molecule has 0 saturated heterocycles. The molecule has 0 radical (unpaired) electrons. The molecule has 0 bridgehead atoms. The number of imidazole rings is 1. The Morgan fingerprint density at radius 3 is 2.88 bits per heavy atom. The van der Waals surface area contributed by atoms with Crippen LogP contribution >= 0.6 is 0 Å². The fourth-order valence-electron chi connectivity index (χ4n) is 1.98. The van der Waals surface area contributed by atoms with E-state index >= 15 is 0 Å². The first-order chi connectivity index (χ1) is 7.61. The van der Waals surface area contributed by atoms with Gasteiger partial charge in [-0.25, -0.2) is 4.98 Å². The molecular formula is C12H14N2O2. The molecule has 2 aromatic rings. The van der Waals surface area contributed by atoms with Crippen LogP contribution in [0.2, 0.25) is 0 Å². The lowest BCUT2D eigenvalue weighted by molar-refractivity contribution is -0.136. The van der Waals surface area contributed by atoms with E-state index in [9.17, 15) is 4.79 Å². The lowest BCUT2D eigenvalue weighted by Gasteiger charge is -2.02. The number of aromatic nitrogens is 2. The second kappa shape index (κ2) is 3.96. The van der Waals surface area contributed by atoms with Crippen molar-refractivity contribution in [2.24, 2.45) is 0 Å². The summed E-state index contributed by atoms with van der Waals surface area (Å²) in [6, 6.07) is 5.64. The van der Waals surface area contributed by atoms with Crippen molar-refractivity contribution in [1.82, 2.24) is 9.55 Å². The molecule has 4 heteroatoms. The highest BCUT2D eigenvalue weighted by molar-refractivity contribution is 5.79. The molecule has 0 aliphatic heterocycles. The largest absolute Gasteiger partial charge is 0.481 e. The molecule has 1 N–H and O–H groups in total. The summed E-state index contributed by atoms with van der Waals surface area (Å²) in [5.74, 6) is 0.149. The van der Waals surface area contributed by atoms with Gasteiger partial charge in [-0.2, -0.15) is 0 Å². The Bertz CT molecular complexity index is 543. The molecule has 16 heavy (non-hydrogen) atoms. The van der Waals surface area contributed by atoms with Crippen molar-refractivity contribution in [2.75, 3.05) is 0 Å². The van der Waals surface area contributed by atoms with Gasteiger partial charge >= 0.3 is 5.97 Å². The number of hydrogen-bond acceptors (Lipinski definition) is 2. The maximum atomic E-state index is 10.6. The molecule has 1 aromatic carbocycles. The average Bonchev–Trinajstić information content (AvgIpc) is 2.51. The Morgan fingerprint density at radius 2 is 2.25 bits per heavy atom. The zero-order valence-electron chi connectivity index (χ0n) is 9.40. The molecule has 0 amide bonds. The number of rotatable bonds is 3. The van der Waals surface area contributed by atoms with Crippen molar-refractivity contribution in [3.05, 3.63) is 29.6 Å². The van der Waals surface area contributed by atoms with Crippen LogP contribution in [0.5, 0.6) is 0 Å². The Balaban J connectivity index is 2.51. The highest BCUT2D eigenvalue weighted by Gasteiger charge is 2.07. The maximum Gasteiger partial charge on any atom is 0.307 e. The van der Waals surface area contributed by atoms with Crippen LogP contribution in [-0.2, 0) is 17.8 Å². The number of carboxylic acid groups (broad SMARTS) is 1. The highest BCUT2D eigenvalue weighted by atomic mass is 16.4. The predicted molar refractivity (Wildman–Crippen MR) is 61.5 cm³/mol. The molecule has 4 nitrogen and oxygen atoms in total. The van der Waals surface area contributed by atoms with E-state index in [1.165, 1.54) is 0 Å². The minimum Gasteiger partial charge on any atom is -0.481 e. The molecule has 0 unspecified atom stereocenters. The number of aryl methyl sites for hydroxylation is 2. The molecule has 0 aliphatic rings. The summed E-state index contributed by atoms with van der Waals surface area (Å²) in [6.07, 6.45) is 0.0496. The molecule has 0 atom stereocenters. The van der Waals surface area contributed by atoms with Crippen molar-refractivity contribution < 1.29 is 9.90 Å². The summed E-state index contributed by atoms with van der Waals surface area (Å²) < 4.78 is 2.11. The van der Waals surface area contributed by atoms with E-state index in [1.807, 2.05) is 25.1 Å². The Kier molecular flexibility index (Phi) is 2.64. The van der Waals surface area contributed by atoms with Crippen LogP contribution < -0.4 is 0 Å². The zero-order valence-corrected chi connectivity index (χ0v) is 9.40. The number of fused-ring (bicyclic) bond motifs is 1. The zero-order chi connectivity index (χ0) is 11.7. The van der Waals surface area contributed by atoms with Crippen LogP contribution in [0.25, 0.3) is 11.0 Å². The van der Waals surface area contributed by atoms with Crippen LogP contribution in [-0.4, -0.2) is 20.6 Å².